The largest absolute Gasteiger partial charge is 0.478 e. The highest BCUT2D eigenvalue weighted by atomic mass is 16.5. The zero-order chi connectivity index (χ0) is 10.3. The van der Waals surface area contributed by atoms with Crippen molar-refractivity contribution < 1.29 is 19.4 Å². The molecule has 4 nitrogen and oxygen atoms in total. The van der Waals surface area contributed by atoms with Crippen LogP contribution < -0.4 is 0 Å². The van der Waals surface area contributed by atoms with Crippen LogP contribution in [0.1, 0.15) is 26.7 Å². The van der Waals surface area contributed by atoms with Crippen molar-refractivity contribution in [3.8, 4) is 0 Å². The topological polar surface area (TPSA) is 63.6 Å². The summed E-state index contributed by atoms with van der Waals surface area (Å²) >= 11 is 0. The summed E-state index contributed by atoms with van der Waals surface area (Å²) in [6.07, 6.45) is 3.04. The van der Waals surface area contributed by atoms with Crippen LogP contribution in [0.15, 0.2) is 12.2 Å². The van der Waals surface area contributed by atoms with E-state index in [9.17, 15) is 9.59 Å². The third-order valence-electron chi connectivity index (χ3n) is 1.56. The zero-order valence-corrected chi connectivity index (χ0v) is 7.82. The van der Waals surface area contributed by atoms with Crippen molar-refractivity contribution in [2.24, 2.45) is 0 Å². The average molecular weight is 186 g/mol. The molecule has 0 atom stereocenters. The second-order valence-electron chi connectivity index (χ2n) is 2.55. The van der Waals surface area contributed by atoms with Gasteiger partial charge in [0, 0.05) is 12.2 Å². The summed E-state index contributed by atoms with van der Waals surface area (Å²) in [6, 6.07) is 0. The van der Waals surface area contributed by atoms with Gasteiger partial charge in [-0.3, -0.25) is 0 Å². The first-order valence-electron chi connectivity index (χ1n) is 4.21. The molecular formula is C9H14O4. The molecule has 74 valence electrons. The van der Waals surface area contributed by atoms with Crippen molar-refractivity contribution in [1.29, 1.82) is 0 Å². The van der Waals surface area contributed by atoms with Crippen LogP contribution in [-0.2, 0) is 14.3 Å². The van der Waals surface area contributed by atoms with Gasteiger partial charge in [-0.2, -0.15) is 0 Å². The van der Waals surface area contributed by atoms with Crippen LogP contribution in [0.2, 0.25) is 0 Å². The van der Waals surface area contributed by atoms with E-state index in [1.165, 1.54) is 0 Å². The van der Waals surface area contributed by atoms with Gasteiger partial charge in [-0.05, 0) is 12.8 Å². The summed E-state index contributed by atoms with van der Waals surface area (Å²) in [7, 11) is 0. The van der Waals surface area contributed by atoms with E-state index in [-0.39, 0.29) is 6.10 Å². The van der Waals surface area contributed by atoms with E-state index in [0.29, 0.717) is 0 Å². The third kappa shape index (κ3) is 5.90. The van der Waals surface area contributed by atoms with Gasteiger partial charge < -0.3 is 9.84 Å². The monoisotopic (exact) mass is 186 g/mol. The fourth-order valence-corrected chi connectivity index (χ4v) is 0.798. The highest BCUT2D eigenvalue weighted by Crippen LogP contribution is 2.02. The van der Waals surface area contributed by atoms with Gasteiger partial charge in [0.05, 0.1) is 0 Å². The van der Waals surface area contributed by atoms with Gasteiger partial charge in [-0.15, -0.1) is 0 Å². The average Bonchev–Trinajstić information content (AvgIpc) is 2.10. The highest BCUT2D eigenvalue weighted by Gasteiger charge is 2.07. The second kappa shape index (κ2) is 6.22. The molecule has 0 aliphatic rings. The molecule has 0 aromatic rings. The van der Waals surface area contributed by atoms with Crippen LogP contribution in [0.5, 0.6) is 0 Å². The SMILES string of the molecule is CCC(CC)OC(=O)/C=C/C(=O)O. The molecule has 0 saturated carbocycles. The Morgan fingerprint density at radius 3 is 2.23 bits per heavy atom. The molecule has 0 heterocycles. The summed E-state index contributed by atoms with van der Waals surface area (Å²) in [4.78, 5) is 20.9. The second-order valence-corrected chi connectivity index (χ2v) is 2.55. The lowest BCUT2D eigenvalue weighted by Crippen LogP contribution is -2.14. The number of esters is 1. The van der Waals surface area contributed by atoms with Crippen molar-refractivity contribution in [1.82, 2.24) is 0 Å². The van der Waals surface area contributed by atoms with Crippen LogP contribution in [0.3, 0.4) is 0 Å². The Labute approximate surface area is 77.2 Å². The molecule has 1 N–H and O–H groups in total. The van der Waals surface area contributed by atoms with Gasteiger partial charge >= 0.3 is 11.9 Å². The van der Waals surface area contributed by atoms with E-state index >= 15 is 0 Å². The molecule has 0 aromatic heterocycles. The van der Waals surface area contributed by atoms with E-state index in [0.717, 1.165) is 25.0 Å². The van der Waals surface area contributed by atoms with Crippen LogP contribution in [0, 0.1) is 0 Å². The molecule has 0 aliphatic heterocycles. The molecule has 0 bridgehead atoms. The van der Waals surface area contributed by atoms with Gasteiger partial charge in [-0.1, -0.05) is 13.8 Å². The standard InChI is InChI=1S/C9H14O4/c1-3-7(4-2)13-9(12)6-5-8(10)11/h5-7H,3-4H2,1-2H3,(H,10,11)/b6-5+. The van der Waals surface area contributed by atoms with E-state index in [2.05, 4.69) is 0 Å². The molecule has 4 heteroatoms. The summed E-state index contributed by atoms with van der Waals surface area (Å²) in [5.74, 6) is -1.75. The Kier molecular flexibility index (Phi) is 5.59. The normalized spacial score (nSPS) is 10.7. The Hall–Kier alpha value is -1.32. The highest BCUT2D eigenvalue weighted by molar-refractivity contribution is 5.90. The fraction of sp³-hybridized carbons (Fsp3) is 0.556. The van der Waals surface area contributed by atoms with Crippen LogP contribution in [0.4, 0.5) is 0 Å². The number of carboxylic acid groups (broad SMARTS) is 1. The lowest BCUT2D eigenvalue weighted by atomic mass is 10.2. The maximum atomic E-state index is 10.9. The lowest BCUT2D eigenvalue weighted by molar-refractivity contribution is -0.143. The lowest BCUT2D eigenvalue weighted by Gasteiger charge is -2.11. The first-order valence-corrected chi connectivity index (χ1v) is 4.21. The summed E-state index contributed by atoms with van der Waals surface area (Å²) in [6.45, 7) is 3.81. The number of carbonyl (C=O) groups is 2. The molecule has 0 unspecified atom stereocenters. The molecular weight excluding hydrogens is 172 g/mol. The maximum Gasteiger partial charge on any atom is 0.331 e. The molecule has 0 aromatic carbocycles. The minimum Gasteiger partial charge on any atom is -0.478 e. The van der Waals surface area contributed by atoms with Gasteiger partial charge in [0.2, 0.25) is 0 Å². The number of hydrogen-bond donors (Lipinski definition) is 1. The number of ether oxygens (including phenoxy) is 1. The quantitative estimate of drug-likeness (QED) is 0.520. The molecule has 0 fully saturated rings. The summed E-state index contributed by atoms with van der Waals surface area (Å²) in [5, 5.41) is 8.22. The number of aliphatic carboxylic acids is 1. The molecule has 0 aliphatic carbocycles. The van der Waals surface area contributed by atoms with Crippen molar-refractivity contribution in [2.45, 2.75) is 32.8 Å². The van der Waals surface area contributed by atoms with Crippen molar-refractivity contribution >= 4 is 11.9 Å². The Balaban J connectivity index is 3.92. The minimum absolute atomic E-state index is 0.119. The number of carboxylic acids is 1. The van der Waals surface area contributed by atoms with Crippen molar-refractivity contribution in [3.05, 3.63) is 12.2 Å². The first-order chi connectivity index (χ1) is 6.10. The van der Waals surface area contributed by atoms with Crippen LogP contribution in [0.25, 0.3) is 0 Å². The van der Waals surface area contributed by atoms with Gasteiger partial charge in [-0.25, -0.2) is 9.59 Å². The van der Waals surface area contributed by atoms with E-state index < -0.39 is 11.9 Å². The Morgan fingerprint density at radius 2 is 1.85 bits per heavy atom. The zero-order valence-electron chi connectivity index (χ0n) is 7.82. The molecule has 0 radical (unpaired) electrons. The predicted molar refractivity (Wildman–Crippen MR) is 47.2 cm³/mol. The van der Waals surface area contributed by atoms with Crippen molar-refractivity contribution in [3.63, 3.8) is 0 Å². The molecule has 13 heavy (non-hydrogen) atoms. The number of hydrogen-bond acceptors (Lipinski definition) is 3. The summed E-state index contributed by atoms with van der Waals surface area (Å²) in [5.41, 5.74) is 0. The van der Waals surface area contributed by atoms with E-state index in [1.54, 1.807) is 0 Å². The van der Waals surface area contributed by atoms with Gasteiger partial charge in [0.1, 0.15) is 6.10 Å². The molecule has 0 amide bonds. The molecule has 0 spiro atoms. The fourth-order valence-electron chi connectivity index (χ4n) is 0.798. The van der Waals surface area contributed by atoms with E-state index in [4.69, 9.17) is 9.84 Å². The van der Waals surface area contributed by atoms with E-state index in [1.807, 2.05) is 13.8 Å². The maximum absolute atomic E-state index is 10.9. The van der Waals surface area contributed by atoms with Gasteiger partial charge in [0.15, 0.2) is 0 Å². The molecule has 0 saturated heterocycles. The Bertz CT molecular complexity index is 204. The third-order valence-corrected chi connectivity index (χ3v) is 1.56. The molecule has 0 rings (SSSR count). The minimum atomic E-state index is -1.15. The smallest absolute Gasteiger partial charge is 0.331 e. The number of carbonyl (C=O) groups excluding carboxylic acids is 1. The predicted octanol–water partition coefficient (Wildman–Crippen LogP) is 1.36. The van der Waals surface area contributed by atoms with Crippen LogP contribution >= 0.6 is 0 Å². The Morgan fingerprint density at radius 1 is 1.31 bits per heavy atom. The van der Waals surface area contributed by atoms with Gasteiger partial charge in [0.25, 0.3) is 0 Å². The number of rotatable bonds is 5. The van der Waals surface area contributed by atoms with Crippen molar-refractivity contribution in [2.75, 3.05) is 0 Å². The van der Waals surface area contributed by atoms with Crippen LogP contribution in [-0.4, -0.2) is 23.1 Å². The summed E-state index contributed by atoms with van der Waals surface area (Å²) < 4.78 is 4.91. The first kappa shape index (κ1) is 11.7.